The number of benzene rings is 1. The molecule has 1 atom stereocenters. The molecule has 0 N–H and O–H groups in total. The Morgan fingerprint density at radius 3 is 2.87 bits per heavy atom. The van der Waals surface area contributed by atoms with Crippen molar-refractivity contribution < 1.29 is 14.3 Å². The molecule has 0 amide bonds. The van der Waals surface area contributed by atoms with Crippen LogP contribution in [0.4, 0.5) is 0 Å². The van der Waals surface area contributed by atoms with Crippen molar-refractivity contribution in [2.75, 3.05) is 7.11 Å². The molecule has 0 radical (unpaired) electrons. The number of methoxy groups -OCH3 is 1. The van der Waals surface area contributed by atoms with Crippen LogP contribution in [0.2, 0.25) is 0 Å². The predicted molar refractivity (Wildman–Crippen MR) is 65.2 cm³/mol. The van der Waals surface area contributed by atoms with E-state index < -0.39 is 11.2 Å². The standard InChI is InChI=1S/C10H7IO3S/c1-14-10(13)9-7(12)5-3-2-4-6(11)8(5)15-9/h2-4,9H,1H3. The van der Waals surface area contributed by atoms with E-state index >= 15 is 0 Å². The first-order valence-electron chi connectivity index (χ1n) is 4.22. The number of hydrogen-bond donors (Lipinski definition) is 0. The molecule has 78 valence electrons. The minimum atomic E-state index is -0.721. The molecule has 1 unspecified atom stereocenters. The molecular formula is C10H7IO3S. The second-order valence-corrected chi connectivity index (χ2v) is 5.28. The zero-order valence-electron chi connectivity index (χ0n) is 7.82. The number of halogens is 1. The van der Waals surface area contributed by atoms with Crippen molar-refractivity contribution in [2.24, 2.45) is 0 Å². The average Bonchev–Trinajstić information content (AvgIpc) is 2.57. The van der Waals surface area contributed by atoms with E-state index in [-0.39, 0.29) is 5.78 Å². The second-order valence-electron chi connectivity index (χ2n) is 3.00. The summed E-state index contributed by atoms with van der Waals surface area (Å²) in [5, 5.41) is -0.721. The Bertz CT molecular complexity index is 444. The smallest absolute Gasteiger partial charge is 0.327 e. The number of rotatable bonds is 1. The summed E-state index contributed by atoms with van der Waals surface area (Å²) in [6, 6.07) is 5.48. The molecule has 1 aliphatic rings. The number of thioether (sulfide) groups is 1. The largest absolute Gasteiger partial charge is 0.468 e. The van der Waals surface area contributed by atoms with Crippen LogP contribution < -0.4 is 0 Å². The van der Waals surface area contributed by atoms with Crippen molar-refractivity contribution in [3.05, 3.63) is 27.3 Å². The van der Waals surface area contributed by atoms with Crippen LogP contribution >= 0.6 is 34.4 Å². The van der Waals surface area contributed by atoms with Gasteiger partial charge in [-0.25, -0.2) is 0 Å². The second kappa shape index (κ2) is 4.13. The van der Waals surface area contributed by atoms with Gasteiger partial charge >= 0.3 is 5.97 Å². The normalized spacial score (nSPS) is 18.8. The van der Waals surface area contributed by atoms with Crippen molar-refractivity contribution in [1.82, 2.24) is 0 Å². The summed E-state index contributed by atoms with van der Waals surface area (Å²) in [6.45, 7) is 0. The number of ether oxygens (including phenoxy) is 1. The molecule has 0 fully saturated rings. The number of carbonyl (C=O) groups excluding carboxylic acids is 2. The lowest BCUT2D eigenvalue weighted by Gasteiger charge is -2.03. The third-order valence-electron chi connectivity index (χ3n) is 2.12. The van der Waals surface area contributed by atoms with Gasteiger partial charge in [-0.15, -0.1) is 11.8 Å². The molecule has 15 heavy (non-hydrogen) atoms. The van der Waals surface area contributed by atoms with Crippen LogP contribution in [0.5, 0.6) is 0 Å². The van der Waals surface area contributed by atoms with Crippen molar-refractivity contribution in [2.45, 2.75) is 10.1 Å². The number of Topliss-reactive ketones (excluding diaryl/α,β-unsaturated/α-hetero) is 1. The lowest BCUT2D eigenvalue weighted by molar-refractivity contribution is -0.138. The van der Waals surface area contributed by atoms with E-state index in [9.17, 15) is 9.59 Å². The van der Waals surface area contributed by atoms with E-state index in [2.05, 4.69) is 27.3 Å². The quantitative estimate of drug-likeness (QED) is 0.448. The summed E-state index contributed by atoms with van der Waals surface area (Å²) < 4.78 is 5.59. The molecule has 0 spiro atoms. The van der Waals surface area contributed by atoms with Gasteiger partial charge in [-0.05, 0) is 28.7 Å². The third kappa shape index (κ3) is 1.78. The van der Waals surface area contributed by atoms with Gasteiger partial charge in [-0.2, -0.15) is 0 Å². The van der Waals surface area contributed by atoms with Crippen LogP contribution in [0.25, 0.3) is 0 Å². The monoisotopic (exact) mass is 334 g/mol. The highest BCUT2D eigenvalue weighted by atomic mass is 127. The van der Waals surface area contributed by atoms with Crippen LogP contribution in [0.15, 0.2) is 23.1 Å². The van der Waals surface area contributed by atoms with Gasteiger partial charge in [0.1, 0.15) is 0 Å². The number of ketones is 1. The average molecular weight is 334 g/mol. The Balaban J connectivity index is 2.41. The maximum atomic E-state index is 11.8. The first kappa shape index (κ1) is 10.9. The summed E-state index contributed by atoms with van der Waals surface area (Å²) in [7, 11) is 1.30. The number of hydrogen-bond acceptors (Lipinski definition) is 4. The van der Waals surface area contributed by atoms with Crippen LogP contribution in [-0.4, -0.2) is 24.1 Å². The topological polar surface area (TPSA) is 43.4 Å². The summed E-state index contributed by atoms with van der Waals surface area (Å²) in [5.74, 6) is -0.627. The van der Waals surface area contributed by atoms with Crippen molar-refractivity contribution >= 4 is 46.1 Å². The summed E-state index contributed by atoms with van der Waals surface area (Å²) >= 11 is 3.43. The van der Waals surface area contributed by atoms with Gasteiger partial charge in [0.05, 0.1) is 7.11 Å². The van der Waals surface area contributed by atoms with Gasteiger partial charge in [0.2, 0.25) is 0 Å². The van der Waals surface area contributed by atoms with Crippen molar-refractivity contribution in [1.29, 1.82) is 0 Å². The minimum absolute atomic E-state index is 0.152. The highest BCUT2D eigenvalue weighted by Crippen LogP contribution is 2.40. The van der Waals surface area contributed by atoms with Crippen LogP contribution in [0.1, 0.15) is 10.4 Å². The predicted octanol–water partition coefficient (Wildman–Crippen LogP) is 2.12. The fourth-order valence-electron chi connectivity index (χ4n) is 1.40. The van der Waals surface area contributed by atoms with E-state index in [1.807, 2.05) is 12.1 Å². The lowest BCUT2D eigenvalue weighted by atomic mass is 10.1. The molecule has 2 rings (SSSR count). The number of carbonyl (C=O) groups is 2. The molecule has 0 saturated heterocycles. The molecule has 1 aromatic carbocycles. The molecule has 0 aliphatic carbocycles. The highest BCUT2D eigenvalue weighted by molar-refractivity contribution is 14.1. The van der Waals surface area contributed by atoms with Gasteiger partial charge in [-0.1, -0.05) is 12.1 Å². The van der Waals surface area contributed by atoms with Gasteiger partial charge in [-0.3, -0.25) is 9.59 Å². The van der Waals surface area contributed by atoms with Crippen LogP contribution in [-0.2, 0) is 9.53 Å². The van der Waals surface area contributed by atoms with Crippen molar-refractivity contribution in [3.63, 3.8) is 0 Å². The molecule has 1 aliphatic heterocycles. The first-order valence-corrected chi connectivity index (χ1v) is 6.18. The highest BCUT2D eigenvalue weighted by Gasteiger charge is 2.38. The first-order chi connectivity index (χ1) is 7.15. The summed E-state index contributed by atoms with van der Waals surface area (Å²) in [4.78, 5) is 24.0. The Hall–Kier alpha value is -0.560. The molecule has 1 aromatic rings. The third-order valence-corrected chi connectivity index (χ3v) is 4.70. The van der Waals surface area contributed by atoms with Gasteiger partial charge in [0.25, 0.3) is 0 Å². The van der Waals surface area contributed by atoms with Gasteiger partial charge in [0, 0.05) is 14.0 Å². The molecule has 5 heteroatoms. The van der Waals surface area contributed by atoms with E-state index in [1.165, 1.54) is 18.9 Å². The van der Waals surface area contributed by atoms with E-state index in [4.69, 9.17) is 0 Å². The fraction of sp³-hybridized carbons (Fsp3) is 0.200. The van der Waals surface area contributed by atoms with E-state index in [1.54, 1.807) is 6.07 Å². The maximum Gasteiger partial charge on any atom is 0.327 e. The zero-order chi connectivity index (χ0) is 11.0. The van der Waals surface area contributed by atoms with Gasteiger partial charge in [0.15, 0.2) is 11.0 Å². The van der Waals surface area contributed by atoms with E-state index in [0.29, 0.717) is 5.56 Å². The van der Waals surface area contributed by atoms with Crippen LogP contribution in [0, 0.1) is 3.57 Å². The number of fused-ring (bicyclic) bond motifs is 1. The Morgan fingerprint density at radius 2 is 2.27 bits per heavy atom. The van der Waals surface area contributed by atoms with Crippen molar-refractivity contribution in [3.8, 4) is 0 Å². The summed E-state index contributed by atoms with van der Waals surface area (Å²) in [6.07, 6.45) is 0. The maximum absolute atomic E-state index is 11.8. The summed E-state index contributed by atoms with van der Waals surface area (Å²) in [5.41, 5.74) is 0.627. The van der Waals surface area contributed by atoms with Crippen LogP contribution in [0.3, 0.4) is 0 Å². The SMILES string of the molecule is COC(=O)C1Sc2c(I)cccc2C1=O. The molecular weight excluding hydrogens is 327 g/mol. The lowest BCUT2D eigenvalue weighted by Crippen LogP contribution is -2.24. The zero-order valence-corrected chi connectivity index (χ0v) is 10.8. The molecule has 0 aromatic heterocycles. The Morgan fingerprint density at radius 1 is 1.53 bits per heavy atom. The molecule has 0 saturated carbocycles. The molecule has 0 bridgehead atoms. The fourth-order valence-corrected chi connectivity index (χ4v) is 3.42. The van der Waals surface area contributed by atoms with E-state index in [0.717, 1.165) is 8.47 Å². The Kier molecular flexibility index (Phi) is 3.01. The molecule has 1 heterocycles. The molecule has 3 nitrogen and oxygen atoms in total. The Labute approximate surface area is 105 Å². The van der Waals surface area contributed by atoms with Gasteiger partial charge < -0.3 is 4.74 Å². The number of esters is 1. The minimum Gasteiger partial charge on any atom is -0.468 e.